The number of hydrogen-bond acceptors (Lipinski definition) is 2. The molecule has 0 saturated carbocycles. The third-order valence-electron chi connectivity index (χ3n) is 3.68. The van der Waals surface area contributed by atoms with Crippen molar-refractivity contribution in [3.8, 4) is 11.5 Å². The van der Waals surface area contributed by atoms with Gasteiger partial charge in [0.1, 0.15) is 12.4 Å². The SMILES string of the molecule is COc1ccc(CC[NH+](C)Cc2cccc(F)c2)cc1OC. The van der Waals surface area contributed by atoms with Gasteiger partial charge in [0.2, 0.25) is 0 Å². The Morgan fingerprint density at radius 1 is 0.955 bits per heavy atom. The molecule has 1 N–H and O–H groups in total. The molecule has 0 fully saturated rings. The number of methoxy groups -OCH3 is 2. The molecule has 0 saturated heterocycles. The largest absolute Gasteiger partial charge is 0.493 e. The molecule has 0 spiro atoms. The van der Waals surface area contributed by atoms with Crippen LogP contribution in [0.4, 0.5) is 4.39 Å². The Kier molecular flexibility index (Phi) is 5.78. The summed E-state index contributed by atoms with van der Waals surface area (Å²) < 4.78 is 23.7. The highest BCUT2D eigenvalue weighted by Gasteiger charge is 2.08. The van der Waals surface area contributed by atoms with Crippen molar-refractivity contribution in [1.29, 1.82) is 0 Å². The minimum atomic E-state index is -0.176. The summed E-state index contributed by atoms with van der Waals surface area (Å²) in [5.74, 6) is 1.32. The van der Waals surface area contributed by atoms with Crippen molar-refractivity contribution in [2.24, 2.45) is 0 Å². The molecule has 0 heterocycles. The number of quaternary nitrogens is 1. The molecular formula is C18H23FNO2+. The maximum atomic E-state index is 13.2. The minimum Gasteiger partial charge on any atom is -0.493 e. The Morgan fingerprint density at radius 2 is 1.73 bits per heavy atom. The molecule has 118 valence electrons. The van der Waals surface area contributed by atoms with E-state index >= 15 is 0 Å². The van der Waals surface area contributed by atoms with Crippen molar-refractivity contribution < 1.29 is 18.8 Å². The van der Waals surface area contributed by atoms with Gasteiger partial charge in [0.25, 0.3) is 0 Å². The Hall–Kier alpha value is -2.07. The van der Waals surface area contributed by atoms with Crippen LogP contribution < -0.4 is 14.4 Å². The van der Waals surface area contributed by atoms with E-state index in [-0.39, 0.29) is 5.82 Å². The number of likely N-dealkylation sites (N-methyl/N-ethyl adjacent to an activating group) is 1. The predicted molar refractivity (Wildman–Crippen MR) is 85.1 cm³/mol. The molecule has 0 bridgehead atoms. The summed E-state index contributed by atoms with van der Waals surface area (Å²) in [6.07, 6.45) is 0.932. The molecule has 1 unspecified atom stereocenters. The van der Waals surface area contributed by atoms with E-state index in [4.69, 9.17) is 9.47 Å². The van der Waals surface area contributed by atoms with Gasteiger partial charge in [0, 0.05) is 12.0 Å². The zero-order valence-corrected chi connectivity index (χ0v) is 13.4. The number of halogens is 1. The third-order valence-corrected chi connectivity index (χ3v) is 3.68. The Bertz CT molecular complexity index is 616. The van der Waals surface area contributed by atoms with E-state index in [9.17, 15) is 4.39 Å². The smallest absolute Gasteiger partial charge is 0.160 e. The predicted octanol–water partition coefficient (Wildman–Crippen LogP) is 2.10. The lowest BCUT2D eigenvalue weighted by molar-refractivity contribution is -0.893. The standard InChI is InChI=1S/C18H22FNO2/c1-20(13-15-5-4-6-16(19)11-15)10-9-14-7-8-17(21-2)18(12-14)22-3/h4-8,11-12H,9-10,13H2,1-3H3/p+1. The lowest BCUT2D eigenvalue weighted by Gasteiger charge is -2.15. The van der Waals surface area contributed by atoms with E-state index in [0.717, 1.165) is 36.6 Å². The first kappa shape index (κ1) is 16.3. The number of benzene rings is 2. The highest BCUT2D eigenvalue weighted by molar-refractivity contribution is 5.42. The van der Waals surface area contributed by atoms with E-state index in [1.807, 2.05) is 18.2 Å². The molecule has 2 aromatic carbocycles. The Labute approximate surface area is 131 Å². The Morgan fingerprint density at radius 3 is 2.41 bits per heavy atom. The summed E-state index contributed by atoms with van der Waals surface area (Å²) in [7, 11) is 5.39. The first-order chi connectivity index (χ1) is 10.6. The Balaban J connectivity index is 1.92. The molecule has 0 aliphatic carbocycles. The van der Waals surface area contributed by atoms with Gasteiger partial charge in [-0.1, -0.05) is 18.2 Å². The molecule has 2 aromatic rings. The van der Waals surface area contributed by atoms with E-state index in [2.05, 4.69) is 13.1 Å². The summed E-state index contributed by atoms with van der Waals surface area (Å²) in [5.41, 5.74) is 2.22. The fraction of sp³-hybridized carbons (Fsp3) is 0.333. The fourth-order valence-electron chi connectivity index (χ4n) is 2.48. The van der Waals surface area contributed by atoms with E-state index < -0.39 is 0 Å². The highest BCUT2D eigenvalue weighted by Crippen LogP contribution is 2.27. The number of hydrogen-bond donors (Lipinski definition) is 1. The van der Waals surface area contributed by atoms with E-state index in [0.29, 0.717) is 0 Å². The summed E-state index contributed by atoms with van der Waals surface area (Å²) in [6.45, 7) is 1.77. The molecule has 0 aliphatic rings. The van der Waals surface area contributed by atoms with Crippen LogP contribution in [0.5, 0.6) is 11.5 Å². The molecule has 0 aliphatic heterocycles. The molecule has 22 heavy (non-hydrogen) atoms. The van der Waals surface area contributed by atoms with Crippen molar-refractivity contribution >= 4 is 0 Å². The second-order valence-electron chi connectivity index (χ2n) is 5.45. The zero-order valence-electron chi connectivity index (χ0n) is 13.4. The molecule has 0 amide bonds. The third kappa shape index (κ3) is 4.46. The van der Waals surface area contributed by atoms with Gasteiger partial charge in [-0.15, -0.1) is 0 Å². The van der Waals surface area contributed by atoms with Crippen LogP contribution in [-0.4, -0.2) is 27.8 Å². The molecule has 0 aromatic heterocycles. The molecule has 3 nitrogen and oxygen atoms in total. The lowest BCUT2D eigenvalue weighted by Crippen LogP contribution is -3.07. The van der Waals surface area contributed by atoms with Crippen LogP contribution in [-0.2, 0) is 13.0 Å². The van der Waals surface area contributed by atoms with Gasteiger partial charge in [0.05, 0.1) is 27.8 Å². The van der Waals surface area contributed by atoms with Gasteiger partial charge in [-0.2, -0.15) is 0 Å². The summed E-state index contributed by atoms with van der Waals surface area (Å²) in [5, 5.41) is 0. The van der Waals surface area contributed by atoms with Gasteiger partial charge >= 0.3 is 0 Å². The molecule has 0 radical (unpaired) electrons. The van der Waals surface area contributed by atoms with E-state index in [1.54, 1.807) is 26.4 Å². The monoisotopic (exact) mass is 304 g/mol. The van der Waals surface area contributed by atoms with Gasteiger partial charge < -0.3 is 14.4 Å². The van der Waals surface area contributed by atoms with Crippen molar-refractivity contribution in [3.05, 3.63) is 59.4 Å². The average Bonchev–Trinajstić information content (AvgIpc) is 2.52. The van der Waals surface area contributed by atoms with Crippen LogP contribution in [0, 0.1) is 5.82 Å². The number of ether oxygens (including phenoxy) is 2. The van der Waals surface area contributed by atoms with Crippen LogP contribution in [0.15, 0.2) is 42.5 Å². The zero-order chi connectivity index (χ0) is 15.9. The van der Waals surface area contributed by atoms with Gasteiger partial charge in [-0.05, 0) is 29.8 Å². The quantitative estimate of drug-likeness (QED) is 0.846. The fourth-order valence-corrected chi connectivity index (χ4v) is 2.48. The second kappa shape index (κ2) is 7.80. The van der Waals surface area contributed by atoms with Gasteiger partial charge in [0.15, 0.2) is 11.5 Å². The number of rotatable bonds is 7. The summed E-state index contributed by atoms with van der Waals surface area (Å²) >= 11 is 0. The first-order valence-corrected chi connectivity index (χ1v) is 7.39. The van der Waals surface area contributed by atoms with Crippen molar-refractivity contribution in [1.82, 2.24) is 0 Å². The van der Waals surface area contributed by atoms with Crippen molar-refractivity contribution in [2.45, 2.75) is 13.0 Å². The average molecular weight is 304 g/mol. The van der Waals surface area contributed by atoms with Gasteiger partial charge in [-0.25, -0.2) is 4.39 Å². The van der Waals surface area contributed by atoms with Crippen LogP contribution in [0.1, 0.15) is 11.1 Å². The van der Waals surface area contributed by atoms with Crippen LogP contribution >= 0.6 is 0 Å². The molecule has 2 rings (SSSR count). The molecular weight excluding hydrogens is 281 g/mol. The first-order valence-electron chi connectivity index (χ1n) is 7.39. The number of nitrogens with one attached hydrogen (secondary N) is 1. The maximum Gasteiger partial charge on any atom is 0.160 e. The van der Waals surface area contributed by atoms with Crippen molar-refractivity contribution in [2.75, 3.05) is 27.8 Å². The van der Waals surface area contributed by atoms with Crippen LogP contribution in [0.2, 0.25) is 0 Å². The highest BCUT2D eigenvalue weighted by atomic mass is 19.1. The molecule has 1 atom stereocenters. The molecule has 4 heteroatoms. The second-order valence-corrected chi connectivity index (χ2v) is 5.45. The topological polar surface area (TPSA) is 22.9 Å². The maximum absolute atomic E-state index is 13.2. The summed E-state index contributed by atoms with van der Waals surface area (Å²) in [6, 6.07) is 12.8. The minimum absolute atomic E-state index is 0.176. The van der Waals surface area contributed by atoms with Crippen molar-refractivity contribution in [3.63, 3.8) is 0 Å². The lowest BCUT2D eigenvalue weighted by atomic mass is 10.1. The van der Waals surface area contributed by atoms with Crippen LogP contribution in [0.25, 0.3) is 0 Å². The summed E-state index contributed by atoms with van der Waals surface area (Å²) in [4.78, 5) is 1.33. The van der Waals surface area contributed by atoms with Gasteiger partial charge in [-0.3, -0.25) is 0 Å². The normalized spacial score (nSPS) is 12.0. The van der Waals surface area contributed by atoms with Crippen LogP contribution in [0.3, 0.4) is 0 Å². The van der Waals surface area contributed by atoms with E-state index in [1.165, 1.54) is 16.5 Å².